The lowest BCUT2D eigenvalue weighted by Crippen LogP contribution is -2.19. The summed E-state index contributed by atoms with van der Waals surface area (Å²) >= 11 is 10.7. The van der Waals surface area contributed by atoms with Crippen molar-refractivity contribution in [3.8, 4) is 5.75 Å². The fourth-order valence-electron chi connectivity index (χ4n) is 2.21. The van der Waals surface area contributed by atoms with E-state index in [1.54, 1.807) is 7.11 Å². The van der Waals surface area contributed by atoms with E-state index in [-0.39, 0.29) is 6.04 Å². The largest absolute Gasteiger partial charge is 0.497 e. The standard InChI is InChI=1S/C16H16Br3NO/c1-20-16(13-5-3-11(17)9-15(13)19)8-10-7-12(21-2)4-6-14(10)18/h3-7,9,16,20H,8H2,1-2H3. The van der Waals surface area contributed by atoms with Crippen LogP contribution in [0, 0.1) is 0 Å². The van der Waals surface area contributed by atoms with Crippen LogP contribution in [-0.4, -0.2) is 14.2 Å². The quantitative estimate of drug-likeness (QED) is 0.615. The second-order valence-corrected chi connectivity index (χ2v) is 7.29. The van der Waals surface area contributed by atoms with Crippen molar-refractivity contribution in [2.24, 2.45) is 0 Å². The van der Waals surface area contributed by atoms with Gasteiger partial charge in [-0.3, -0.25) is 0 Å². The molecule has 112 valence electrons. The molecule has 0 radical (unpaired) electrons. The van der Waals surface area contributed by atoms with Gasteiger partial charge in [-0.05, 0) is 54.9 Å². The van der Waals surface area contributed by atoms with Crippen LogP contribution in [0.5, 0.6) is 5.75 Å². The average Bonchev–Trinajstić information content (AvgIpc) is 2.47. The number of hydrogen-bond acceptors (Lipinski definition) is 2. The number of ether oxygens (including phenoxy) is 1. The van der Waals surface area contributed by atoms with Crippen LogP contribution in [0.25, 0.3) is 0 Å². The molecule has 0 aromatic heterocycles. The minimum absolute atomic E-state index is 0.218. The van der Waals surface area contributed by atoms with Crippen LogP contribution in [0.4, 0.5) is 0 Å². The maximum absolute atomic E-state index is 5.31. The Labute approximate surface area is 150 Å². The van der Waals surface area contributed by atoms with Crippen molar-refractivity contribution in [2.45, 2.75) is 12.5 Å². The molecule has 2 rings (SSSR count). The second kappa shape index (κ2) is 7.77. The highest BCUT2D eigenvalue weighted by Crippen LogP contribution is 2.31. The predicted octanol–water partition coefficient (Wildman–Crippen LogP) is 5.49. The van der Waals surface area contributed by atoms with Gasteiger partial charge in [0.25, 0.3) is 0 Å². The van der Waals surface area contributed by atoms with E-state index in [4.69, 9.17) is 4.74 Å². The van der Waals surface area contributed by atoms with E-state index in [1.807, 2.05) is 19.2 Å². The lowest BCUT2D eigenvalue weighted by atomic mass is 9.99. The zero-order valence-electron chi connectivity index (χ0n) is 11.8. The molecule has 0 aliphatic heterocycles. The number of nitrogens with one attached hydrogen (secondary N) is 1. The first kappa shape index (κ1) is 17.0. The van der Waals surface area contributed by atoms with E-state index in [0.717, 1.165) is 25.6 Å². The first-order valence-corrected chi connectivity index (χ1v) is 8.87. The van der Waals surface area contributed by atoms with Gasteiger partial charge in [0.05, 0.1) is 7.11 Å². The van der Waals surface area contributed by atoms with Crippen LogP contribution in [0.2, 0.25) is 0 Å². The van der Waals surface area contributed by atoms with Crippen LogP contribution in [0.3, 0.4) is 0 Å². The molecule has 0 spiro atoms. The molecule has 0 saturated carbocycles. The van der Waals surface area contributed by atoms with Gasteiger partial charge in [-0.15, -0.1) is 0 Å². The predicted molar refractivity (Wildman–Crippen MR) is 98.0 cm³/mol. The first-order chi connectivity index (χ1) is 10.0. The maximum atomic E-state index is 5.31. The molecular formula is C16H16Br3NO. The normalized spacial score (nSPS) is 12.2. The van der Waals surface area contributed by atoms with Crippen molar-refractivity contribution < 1.29 is 4.74 Å². The van der Waals surface area contributed by atoms with Crippen LogP contribution in [0.15, 0.2) is 49.8 Å². The summed E-state index contributed by atoms with van der Waals surface area (Å²) in [6.45, 7) is 0. The van der Waals surface area contributed by atoms with Crippen molar-refractivity contribution in [3.63, 3.8) is 0 Å². The summed E-state index contributed by atoms with van der Waals surface area (Å²) in [5.74, 6) is 0.873. The van der Waals surface area contributed by atoms with Gasteiger partial charge in [-0.25, -0.2) is 0 Å². The molecule has 1 atom stereocenters. The lowest BCUT2D eigenvalue weighted by molar-refractivity contribution is 0.414. The Morgan fingerprint density at radius 3 is 2.43 bits per heavy atom. The number of likely N-dealkylation sites (N-methyl/N-ethyl adjacent to an activating group) is 1. The molecule has 0 aliphatic carbocycles. The van der Waals surface area contributed by atoms with E-state index < -0.39 is 0 Å². The highest BCUT2D eigenvalue weighted by molar-refractivity contribution is 9.11. The van der Waals surface area contributed by atoms with E-state index in [1.165, 1.54) is 11.1 Å². The van der Waals surface area contributed by atoms with E-state index >= 15 is 0 Å². The van der Waals surface area contributed by atoms with Crippen LogP contribution >= 0.6 is 47.8 Å². The van der Waals surface area contributed by atoms with Gasteiger partial charge in [-0.2, -0.15) is 0 Å². The molecule has 2 nitrogen and oxygen atoms in total. The van der Waals surface area contributed by atoms with Gasteiger partial charge in [0.1, 0.15) is 5.75 Å². The average molecular weight is 478 g/mol. The SMILES string of the molecule is CNC(Cc1cc(OC)ccc1Br)c1ccc(Br)cc1Br. The molecule has 2 aromatic carbocycles. The third kappa shape index (κ3) is 4.31. The number of hydrogen-bond donors (Lipinski definition) is 1. The zero-order chi connectivity index (χ0) is 15.4. The highest BCUT2D eigenvalue weighted by atomic mass is 79.9. The molecule has 5 heteroatoms. The smallest absolute Gasteiger partial charge is 0.119 e. The van der Waals surface area contributed by atoms with E-state index in [2.05, 4.69) is 77.4 Å². The summed E-state index contributed by atoms with van der Waals surface area (Å²) in [7, 11) is 3.67. The molecule has 1 unspecified atom stereocenters. The number of benzene rings is 2. The monoisotopic (exact) mass is 475 g/mol. The molecule has 0 fully saturated rings. The van der Waals surface area contributed by atoms with Gasteiger partial charge >= 0.3 is 0 Å². The lowest BCUT2D eigenvalue weighted by Gasteiger charge is -2.19. The van der Waals surface area contributed by atoms with Crippen molar-refractivity contribution in [1.29, 1.82) is 0 Å². The topological polar surface area (TPSA) is 21.3 Å². The Morgan fingerprint density at radius 1 is 1.05 bits per heavy atom. The Hall–Kier alpha value is -0.360. The Morgan fingerprint density at radius 2 is 1.81 bits per heavy atom. The highest BCUT2D eigenvalue weighted by Gasteiger charge is 2.15. The first-order valence-electron chi connectivity index (χ1n) is 6.49. The molecule has 0 saturated heterocycles. The third-order valence-electron chi connectivity index (χ3n) is 3.36. The molecule has 0 heterocycles. The molecule has 0 amide bonds. The summed E-state index contributed by atoms with van der Waals surface area (Å²) in [6, 6.07) is 12.5. The van der Waals surface area contributed by atoms with Crippen LogP contribution < -0.4 is 10.1 Å². The van der Waals surface area contributed by atoms with Gasteiger partial charge in [0.15, 0.2) is 0 Å². The summed E-state index contributed by atoms with van der Waals surface area (Å²) in [5, 5.41) is 3.38. The van der Waals surface area contributed by atoms with Gasteiger partial charge in [0.2, 0.25) is 0 Å². The van der Waals surface area contributed by atoms with Crippen molar-refractivity contribution in [2.75, 3.05) is 14.2 Å². The summed E-state index contributed by atoms with van der Waals surface area (Å²) in [4.78, 5) is 0. The molecule has 21 heavy (non-hydrogen) atoms. The number of methoxy groups -OCH3 is 1. The van der Waals surface area contributed by atoms with Crippen LogP contribution in [-0.2, 0) is 6.42 Å². The third-order valence-corrected chi connectivity index (χ3v) is 5.32. The van der Waals surface area contributed by atoms with Gasteiger partial charge < -0.3 is 10.1 Å². The zero-order valence-corrected chi connectivity index (χ0v) is 16.5. The van der Waals surface area contributed by atoms with Gasteiger partial charge in [0, 0.05) is 19.5 Å². The maximum Gasteiger partial charge on any atom is 0.119 e. The fourth-order valence-corrected chi connectivity index (χ4v) is 3.94. The number of halogens is 3. The summed E-state index contributed by atoms with van der Waals surface area (Å²) in [6.07, 6.45) is 0.870. The fraction of sp³-hybridized carbons (Fsp3) is 0.250. The van der Waals surface area contributed by atoms with Crippen molar-refractivity contribution in [1.82, 2.24) is 5.32 Å². The molecular weight excluding hydrogens is 462 g/mol. The minimum atomic E-state index is 0.218. The Balaban J connectivity index is 2.30. The van der Waals surface area contributed by atoms with E-state index in [9.17, 15) is 0 Å². The van der Waals surface area contributed by atoms with Crippen LogP contribution in [0.1, 0.15) is 17.2 Å². The second-order valence-electron chi connectivity index (χ2n) is 4.67. The number of rotatable bonds is 5. The molecule has 2 aromatic rings. The minimum Gasteiger partial charge on any atom is -0.497 e. The molecule has 0 aliphatic rings. The Kier molecular flexibility index (Phi) is 6.29. The Bertz CT molecular complexity index is 631. The van der Waals surface area contributed by atoms with Crippen molar-refractivity contribution >= 4 is 47.8 Å². The van der Waals surface area contributed by atoms with Gasteiger partial charge in [-0.1, -0.05) is 53.9 Å². The van der Waals surface area contributed by atoms with E-state index in [0.29, 0.717) is 0 Å². The molecule has 1 N–H and O–H groups in total. The molecule has 0 bridgehead atoms. The van der Waals surface area contributed by atoms with Crippen molar-refractivity contribution in [3.05, 3.63) is 60.9 Å². The summed E-state index contributed by atoms with van der Waals surface area (Å²) in [5.41, 5.74) is 2.44. The summed E-state index contributed by atoms with van der Waals surface area (Å²) < 4.78 is 8.57.